The zero-order chi connectivity index (χ0) is 13.1. The normalized spacial score (nSPS) is 22.7. The Labute approximate surface area is 109 Å². The first-order chi connectivity index (χ1) is 8.54. The number of amides is 1. The van der Waals surface area contributed by atoms with Crippen molar-refractivity contribution in [1.82, 2.24) is 0 Å². The average Bonchev–Trinajstić information content (AvgIpc) is 2.27. The lowest BCUT2D eigenvalue weighted by atomic mass is 9.80. The summed E-state index contributed by atoms with van der Waals surface area (Å²) in [7, 11) is 0. The number of benzene rings is 1. The predicted octanol–water partition coefficient (Wildman–Crippen LogP) is 2.56. The van der Waals surface area contributed by atoms with Crippen LogP contribution in [0.5, 0.6) is 0 Å². The second-order valence-corrected chi connectivity index (χ2v) is 5.71. The van der Waals surface area contributed by atoms with E-state index in [9.17, 15) is 4.79 Å². The Hall–Kier alpha value is -1.35. The third-order valence-corrected chi connectivity index (χ3v) is 3.41. The summed E-state index contributed by atoms with van der Waals surface area (Å²) in [6.45, 7) is 4.41. The van der Waals surface area contributed by atoms with Crippen molar-refractivity contribution in [3.8, 4) is 0 Å². The van der Waals surface area contributed by atoms with Gasteiger partial charge in [-0.05, 0) is 42.9 Å². The van der Waals surface area contributed by atoms with Gasteiger partial charge in [0, 0.05) is 17.6 Å². The molecular formula is C15H22N2O. The lowest BCUT2D eigenvalue weighted by molar-refractivity contribution is -0.122. The molecule has 0 aliphatic heterocycles. The van der Waals surface area contributed by atoms with Gasteiger partial charge in [0.15, 0.2) is 0 Å². The highest BCUT2D eigenvalue weighted by Gasteiger charge is 2.31. The lowest BCUT2D eigenvalue weighted by Crippen LogP contribution is -2.42. The van der Waals surface area contributed by atoms with Crippen LogP contribution in [-0.2, 0) is 11.2 Å². The van der Waals surface area contributed by atoms with Gasteiger partial charge in [-0.1, -0.05) is 26.0 Å². The van der Waals surface area contributed by atoms with Crippen molar-refractivity contribution in [1.29, 1.82) is 0 Å². The minimum Gasteiger partial charge on any atom is -0.328 e. The molecule has 0 spiro atoms. The van der Waals surface area contributed by atoms with E-state index in [-0.39, 0.29) is 17.9 Å². The minimum absolute atomic E-state index is 0.105. The van der Waals surface area contributed by atoms with Crippen molar-refractivity contribution in [3.63, 3.8) is 0 Å². The van der Waals surface area contributed by atoms with Crippen molar-refractivity contribution < 1.29 is 4.79 Å². The summed E-state index contributed by atoms with van der Waals surface area (Å²) in [6, 6.07) is 8.35. The standard InChI is InChI=1S/C15H22N2O/c1-10(2)7-11-3-5-14(6-4-11)17-15(18)12-8-13(16)9-12/h3-6,10,12-13H,7-9,16H2,1-2H3,(H,17,18). The summed E-state index contributed by atoms with van der Waals surface area (Å²) in [5, 5.41) is 2.95. The van der Waals surface area contributed by atoms with E-state index in [0.29, 0.717) is 5.92 Å². The molecule has 0 atom stereocenters. The smallest absolute Gasteiger partial charge is 0.227 e. The second-order valence-electron chi connectivity index (χ2n) is 5.71. The van der Waals surface area contributed by atoms with Crippen LogP contribution in [-0.4, -0.2) is 11.9 Å². The van der Waals surface area contributed by atoms with Crippen LogP contribution in [0.3, 0.4) is 0 Å². The summed E-state index contributed by atoms with van der Waals surface area (Å²) in [5.41, 5.74) is 7.88. The van der Waals surface area contributed by atoms with Gasteiger partial charge < -0.3 is 11.1 Å². The molecule has 3 nitrogen and oxygen atoms in total. The molecule has 1 saturated carbocycles. The van der Waals surface area contributed by atoms with Gasteiger partial charge in [-0.2, -0.15) is 0 Å². The maximum Gasteiger partial charge on any atom is 0.227 e. The van der Waals surface area contributed by atoms with Crippen LogP contribution in [0.4, 0.5) is 5.69 Å². The fourth-order valence-corrected chi connectivity index (χ4v) is 2.32. The van der Waals surface area contributed by atoms with Gasteiger partial charge in [0.25, 0.3) is 0 Å². The number of nitrogens with two attached hydrogens (primary N) is 1. The first kappa shape index (κ1) is 13.1. The van der Waals surface area contributed by atoms with Crippen molar-refractivity contribution in [2.24, 2.45) is 17.6 Å². The highest BCUT2D eigenvalue weighted by atomic mass is 16.1. The first-order valence-corrected chi connectivity index (χ1v) is 6.70. The van der Waals surface area contributed by atoms with Gasteiger partial charge in [-0.15, -0.1) is 0 Å². The fourth-order valence-electron chi connectivity index (χ4n) is 2.32. The van der Waals surface area contributed by atoms with Gasteiger partial charge in [0.2, 0.25) is 5.91 Å². The molecule has 0 heterocycles. The Balaban J connectivity index is 1.88. The summed E-state index contributed by atoms with van der Waals surface area (Å²) in [5.74, 6) is 0.866. The monoisotopic (exact) mass is 246 g/mol. The van der Waals surface area contributed by atoms with E-state index < -0.39 is 0 Å². The number of hydrogen-bond acceptors (Lipinski definition) is 2. The zero-order valence-electron chi connectivity index (χ0n) is 11.1. The quantitative estimate of drug-likeness (QED) is 0.858. The van der Waals surface area contributed by atoms with Crippen LogP contribution >= 0.6 is 0 Å². The third-order valence-electron chi connectivity index (χ3n) is 3.41. The highest BCUT2D eigenvalue weighted by molar-refractivity contribution is 5.93. The van der Waals surface area contributed by atoms with Crippen LogP contribution < -0.4 is 11.1 Å². The fraction of sp³-hybridized carbons (Fsp3) is 0.533. The molecule has 0 aromatic heterocycles. The summed E-state index contributed by atoms with van der Waals surface area (Å²) < 4.78 is 0. The summed E-state index contributed by atoms with van der Waals surface area (Å²) in [4.78, 5) is 11.8. The molecule has 0 radical (unpaired) electrons. The summed E-state index contributed by atoms with van der Waals surface area (Å²) in [6.07, 6.45) is 2.71. The van der Waals surface area contributed by atoms with Crippen LogP contribution in [0.1, 0.15) is 32.3 Å². The van der Waals surface area contributed by atoms with E-state index >= 15 is 0 Å². The molecule has 1 amide bonds. The summed E-state index contributed by atoms with van der Waals surface area (Å²) >= 11 is 0. The van der Waals surface area contributed by atoms with E-state index in [1.807, 2.05) is 12.1 Å². The molecule has 1 aliphatic rings. The molecule has 1 aromatic rings. The van der Waals surface area contributed by atoms with E-state index in [2.05, 4.69) is 31.3 Å². The SMILES string of the molecule is CC(C)Cc1ccc(NC(=O)C2CC(N)C2)cc1. The van der Waals surface area contributed by atoms with Crippen LogP contribution in [0.15, 0.2) is 24.3 Å². The number of carbonyl (C=O) groups excluding carboxylic acids is 1. The zero-order valence-corrected chi connectivity index (χ0v) is 11.1. The Kier molecular flexibility index (Phi) is 4.02. The molecule has 1 aromatic carbocycles. The number of rotatable bonds is 4. The van der Waals surface area contributed by atoms with Crippen LogP contribution in [0.2, 0.25) is 0 Å². The van der Waals surface area contributed by atoms with Crippen molar-refractivity contribution in [2.45, 2.75) is 39.2 Å². The first-order valence-electron chi connectivity index (χ1n) is 6.70. The number of carbonyl (C=O) groups is 1. The van der Waals surface area contributed by atoms with Crippen molar-refractivity contribution >= 4 is 11.6 Å². The molecular weight excluding hydrogens is 224 g/mol. The Bertz CT molecular complexity index is 405. The number of nitrogens with one attached hydrogen (secondary N) is 1. The van der Waals surface area contributed by atoms with E-state index in [4.69, 9.17) is 5.73 Å². The maximum absolute atomic E-state index is 11.8. The molecule has 18 heavy (non-hydrogen) atoms. The number of hydrogen-bond donors (Lipinski definition) is 2. The Morgan fingerprint density at radius 1 is 1.33 bits per heavy atom. The number of anilines is 1. The van der Waals surface area contributed by atoms with Crippen LogP contribution in [0, 0.1) is 11.8 Å². The van der Waals surface area contributed by atoms with Crippen molar-refractivity contribution in [2.75, 3.05) is 5.32 Å². The van der Waals surface area contributed by atoms with Gasteiger partial charge in [-0.25, -0.2) is 0 Å². The molecule has 1 fully saturated rings. The van der Waals surface area contributed by atoms with Gasteiger partial charge in [-0.3, -0.25) is 4.79 Å². The molecule has 1 aliphatic carbocycles. The van der Waals surface area contributed by atoms with Gasteiger partial charge >= 0.3 is 0 Å². The van der Waals surface area contributed by atoms with E-state index in [1.165, 1.54) is 5.56 Å². The molecule has 3 N–H and O–H groups in total. The van der Waals surface area contributed by atoms with Gasteiger partial charge in [0.1, 0.15) is 0 Å². The molecule has 2 rings (SSSR count). The Morgan fingerprint density at radius 2 is 1.94 bits per heavy atom. The predicted molar refractivity (Wildman–Crippen MR) is 74.3 cm³/mol. The molecule has 0 bridgehead atoms. The van der Waals surface area contributed by atoms with Gasteiger partial charge in [0.05, 0.1) is 0 Å². The Morgan fingerprint density at radius 3 is 2.44 bits per heavy atom. The third kappa shape index (κ3) is 3.33. The molecule has 3 heteroatoms. The topological polar surface area (TPSA) is 55.1 Å². The van der Waals surface area contributed by atoms with Crippen molar-refractivity contribution in [3.05, 3.63) is 29.8 Å². The van der Waals surface area contributed by atoms with Crippen LogP contribution in [0.25, 0.3) is 0 Å². The maximum atomic E-state index is 11.8. The molecule has 0 unspecified atom stereocenters. The molecule has 0 saturated heterocycles. The largest absolute Gasteiger partial charge is 0.328 e. The van der Waals surface area contributed by atoms with E-state index in [1.54, 1.807) is 0 Å². The van der Waals surface area contributed by atoms with E-state index in [0.717, 1.165) is 24.9 Å². The lowest BCUT2D eigenvalue weighted by Gasteiger charge is -2.31. The highest BCUT2D eigenvalue weighted by Crippen LogP contribution is 2.27. The second kappa shape index (κ2) is 5.53. The average molecular weight is 246 g/mol. The molecule has 98 valence electrons. The minimum atomic E-state index is 0.105.